The minimum atomic E-state index is -0.720. The van der Waals surface area contributed by atoms with Gasteiger partial charge in [0.1, 0.15) is 6.10 Å². The first kappa shape index (κ1) is 20.4. The van der Waals surface area contributed by atoms with Gasteiger partial charge in [-0.25, -0.2) is 0 Å². The molecule has 0 aromatic heterocycles. The quantitative estimate of drug-likeness (QED) is 0.702. The summed E-state index contributed by atoms with van der Waals surface area (Å²) >= 11 is 0. The molecule has 0 aliphatic carbocycles. The summed E-state index contributed by atoms with van der Waals surface area (Å²) in [6, 6.07) is 8.20. The van der Waals surface area contributed by atoms with Gasteiger partial charge in [-0.1, -0.05) is 41.9 Å². The molecule has 0 radical (unpaired) electrons. The lowest BCUT2D eigenvalue weighted by Gasteiger charge is -2.41. The van der Waals surface area contributed by atoms with E-state index >= 15 is 0 Å². The van der Waals surface area contributed by atoms with Crippen molar-refractivity contribution in [2.45, 2.75) is 59.0 Å². The van der Waals surface area contributed by atoms with Gasteiger partial charge in [-0.3, -0.25) is 9.59 Å². The Labute approximate surface area is 166 Å². The monoisotopic (exact) mass is 386 g/mol. The van der Waals surface area contributed by atoms with Gasteiger partial charge >= 0.3 is 5.97 Å². The van der Waals surface area contributed by atoms with Crippen LogP contribution in [0, 0.1) is 12.3 Å². The maximum Gasteiger partial charge on any atom is 0.314 e. The van der Waals surface area contributed by atoms with Gasteiger partial charge in [0.05, 0.1) is 17.7 Å². The molecule has 28 heavy (non-hydrogen) atoms. The molecule has 2 atom stereocenters. The van der Waals surface area contributed by atoms with Crippen LogP contribution in [-0.2, 0) is 19.2 Å². The van der Waals surface area contributed by atoms with Crippen molar-refractivity contribution in [3.8, 4) is 0 Å². The molecular formula is C22H30N2O4. The molecular weight excluding hydrogens is 356 g/mol. The molecule has 6 nitrogen and oxygen atoms in total. The summed E-state index contributed by atoms with van der Waals surface area (Å²) in [4.78, 5) is 32.7. The average molecular weight is 386 g/mol. The number of nitrogens with zero attached hydrogens (tertiary/aromatic N) is 2. The number of hydrogen-bond donors (Lipinski definition) is 0. The van der Waals surface area contributed by atoms with Crippen LogP contribution in [0.3, 0.4) is 0 Å². The first-order chi connectivity index (χ1) is 13.5. The highest BCUT2D eigenvalue weighted by atomic mass is 16.6. The van der Waals surface area contributed by atoms with E-state index in [1.54, 1.807) is 4.90 Å². The molecule has 1 aromatic carbocycles. The van der Waals surface area contributed by atoms with E-state index in [4.69, 9.17) is 9.57 Å². The molecule has 0 spiro atoms. The Morgan fingerprint density at radius 1 is 1.29 bits per heavy atom. The molecule has 6 heteroatoms. The van der Waals surface area contributed by atoms with Crippen molar-refractivity contribution in [1.29, 1.82) is 0 Å². The van der Waals surface area contributed by atoms with E-state index in [0.717, 1.165) is 17.7 Å². The molecule has 0 bridgehead atoms. The number of carbonyl (C=O) groups excluding carboxylic acids is 2. The Kier molecular flexibility index (Phi) is 6.37. The van der Waals surface area contributed by atoms with Crippen molar-refractivity contribution in [2.24, 2.45) is 10.6 Å². The maximum atomic E-state index is 12.9. The van der Waals surface area contributed by atoms with Crippen LogP contribution < -0.4 is 0 Å². The first-order valence-electron chi connectivity index (χ1n) is 10.2. The van der Waals surface area contributed by atoms with Gasteiger partial charge in [0.15, 0.2) is 0 Å². The van der Waals surface area contributed by atoms with E-state index in [2.05, 4.69) is 24.2 Å². The highest BCUT2D eigenvalue weighted by Gasteiger charge is 2.47. The maximum absolute atomic E-state index is 12.9. The number of rotatable bonds is 6. The molecule has 2 aliphatic rings. The zero-order chi connectivity index (χ0) is 20.1. The van der Waals surface area contributed by atoms with Gasteiger partial charge in [0, 0.05) is 32.4 Å². The van der Waals surface area contributed by atoms with E-state index in [0.29, 0.717) is 45.4 Å². The van der Waals surface area contributed by atoms with Crippen LogP contribution in [0.2, 0.25) is 0 Å². The van der Waals surface area contributed by atoms with Crippen LogP contribution in [0.1, 0.15) is 57.1 Å². The summed E-state index contributed by atoms with van der Waals surface area (Å²) in [5.74, 6) is -0.145. The molecule has 1 saturated heterocycles. The zero-order valence-electron chi connectivity index (χ0n) is 17.1. The largest absolute Gasteiger partial charge is 0.466 e. The lowest BCUT2D eigenvalue weighted by atomic mass is 9.74. The lowest BCUT2D eigenvalue weighted by Crippen LogP contribution is -2.51. The number of oxime groups is 1. The van der Waals surface area contributed by atoms with Crippen LogP contribution in [0.5, 0.6) is 0 Å². The van der Waals surface area contributed by atoms with Crippen molar-refractivity contribution in [2.75, 3.05) is 19.7 Å². The third-order valence-corrected chi connectivity index (χ3v) is 5.68. The fourth-order valence-corrected chi connectivity index (χ4v) is 4.16. The number of likely N-dealkylation sites (tertiary alicyclic amines) is 1. The molecule has 2 aliphatic heterocycles. The van der Waals surface area contributed by atoms with E-state index in [9.17, 15) is 9.59 Å². The Morgan fingerprint density at radius 2 is 2.04 bits per heavy atom. The smallest absolute Gasteiger partial charge is 0.314 e. The van der Waals surface area contributed by atoms with Crippen molar-refractivity contribution in [3.63, 3.8) is 0 Å². The highest BCUT2D eigenvalue weighted by molar-refractivity contribution is 6.01. The van der Waals surface area contributed by atoms with E-state index < -0.39 is 5.41 Å². The second kappa shape index (κ2) is 8.76. The zero-order valence-corrected chi connectivity index (χ0v) is 17.1. The average Bonchev–Trinajstić information content (AvgIpc) is 3.16. The van der Waals surface area contributed by atoms with Crippen LogP contribution in [0.25, 0.3) is 0 Å². The number of aryl methyl sites for hydroxylation is 1. The molecule has 1 aromatic rings. The summed E-state index contributed by atoms with van der Waals surface area (Å²) < 4.78 is 5.41. The summed E-state index contributed by atoms with van der Waals surface area (Å²) in [6.45, 7) is 7.15. The molecule has 0 saturated carbocycles. The molecule has 3 rings (SSSR count). The Morgan fingerprint density at radius 3 is 2.71 bits per heavy atom. The SMILES string of the molecule is CCOC(=O)[C@]1(C[C@H]2CC(c3ccc(C)cc3)=NO2)CCCN(C(=O)CC)C1. The van der Waals surface area contributed by atoms with Gasteiger partial charge in [-0.2, -0.15) is 0 Å². The second-order valence-electron chi connectivity index (χ2n) is 7.81. The number of hydrogen-bond acceptors (Lipinski definition) is 5. The Balaban J connectivity index is 1.73. The van der Waals surface area contributed by atoms with Crippen molar-refractivity contribution in [1.82, 2.24) is 4.90 Å². The molecule has 1 fully saturated rings. The molecule has 0 N–H and O–H groups in total. The van der Waals surface area contributed by atoms with Crippen molar-refractivity contribution < 1.29 is 19.2 Å². The van der Waals surface area contributed by atoms with Gasteiger partial charge in [0.2, 0.25) is 5.91 Å². The first-order valence-corrected chi connectivity index (χ1v) is 10.2. The van der Waals surface area contributed by atoms with Gasteiger partial charge in [-0.15, -0.1) is 0 Å². The fraction of sp³-hybridized carbons (Fsp3) is 0.591. The van der Waals surface area contributed by atoms with Crippen LogP contribution in [-0.4, -0.2) is 48.3 Å². The molecule has 0 unspecified atom stereocenters. The molecule has 1 amide bonds. The van der Waals surface area contributed by atoms with E-state index in [-0.39, 0.29) is 18.0 Å². The van der Waals surface area contributed by atoms with E-state index in [1.165, 1.54) is 5.56 Å². The lowest BCUT2D eigenvalue weighted by molar-refractivity contribution is -0.163. The predicted molar refractivity (Wildman–Crippen MR) is 107 cm³/mol. The molecule has 152 valence electrons. The Hall–Kier alpha value is -2.37. The number of benzene rings is 1. The van der Waals surface area contributed by atoms with E-state index in [1.807, 2.05) is 26.0 Å². The topological polar surface area (TPSA) is 68.2 Å². The predicted octanol–water partition coefficient (Wildman–Crippen LogP) is 3.46. The van der Waals surface area contributed by atoms with Gasteiger partial charge in [-0.05, 0) is 32.3 Å². The summed E-state index contributed by atoms with van der Waals surface area (Å²) in [7, 11) is 0. The third-order valence-electron chi connectivity index (χ3n) is 5.68. The number of ether oxygens (including phenoxy) is 1. The Bertz CT molecular complexity index is 743. The second-order valence-corrected chi connectivity index (χ2v) is 7.81. The summed E-state index contributed by atoms with van der Waals surface area (Å²) in [5.41, 5.74) is 2.43. The number of carbonyl (C=O) groups is 2. The minimum Gasteiger partial charge on any atom is -0.466 e. The minimum absolute atomic E-state index is 0.0808. The van der Waals surface area contributed by atoms with Crippen LogP contribution in [0.4, 0.5) is 0 Å². The van der Waals surface area contributed by atoms with Crippen LogP contribution >= 0.6 is 0 Å². The highest BCUT2D eigenvalue weighted by Crippen LogP contribution is 2.39. The number of esters is 1. The van der Waals surface area contributed by atoms with Gasteiger partial charge in [0.25, 0.3) is 0 Å². The van der Waals surface area contributed by atoms with Crippen molar-refractivity contribution >= 4 is 17.6 Å². The van der Waals surface area contributed by atoms with Crippen LogP contribution in [0.15, 0.2) is 29.4 Å². The number of piperidine rings is 1. The third kappa shape index (κ3) is 4.37. The molecule has 2 heterocycles. The fourth-order valence-electron chi connectivity index (χ4n) is 4.16. The van der Waals surface area contributed by atoms with Gasteiger partial charge < -0.3 is 14.5 Å². The summed E-state index contributed by atoms with van der Waals surface area (Å²) in [6.07, 6.45) is 2.93. The normalized spacial score (nSPS) is 24.5. The standard InChI is InChI=1S/C22H30N2O4/c1-4-20(25)24-12-6-11-22(15-24,21(26)27-5-2)14-18-13-19(23-28-18)17-9-7-16(3)8-10-17/h7-10,18H,4-6,11-15H2,1-3H3/t18-,22+/m1/s1. The van der Waals surface area contributed by atoms with Crippen molar-refractivity contribution in [3.05, 3.63) is 35.4 Å². The number of amides is 1. The summed E-state index contributed by atoms with van der Waals surface area (Å²) in [5, 5.41) is 4.27.